The Hall–Kier alpha value is -2.16. The van der Waals surface area contributed by atoms with Crippen LogP contribution in [-0.2, 0) is 14.8 Å². The zero-order chi connectivity index (χ0) is 19.5. The van der Waals surface area contributed by atoms with E-state index in [2.05, 4.69) is 0 Å². The van der Waals surface area contributed by atoms with Crippen LogP contribution in [0.1, 0.15) is 27.2 Å². The highest BCUT2D eigenvalue weighted by Crippen LogP contribution is 2.25. The van der Waals surface area contributed by atoms with E-state index in [1.165, 1.54) is 18.5 Å². The van der Waals surface area contributed by atoms with Crippen LogP contribution in [0.2, 0.25) is 0 Å². The molecule has 0 aliphatic carbocycles. The molecule has 1 amide bonds. The van der Waals surface area contributed by atoms with Gasteiger partial charge in [0.1, 0.15) is 6.04 Å². The Labute approximate surface area is 153 Å². The van der Waals surface area contributed by atoms with Gasteiger partial charge in [0.25, 0.3) is 5.91 Å². The maximum atomic E-state index is 13.2. The molecule has 26 heavy (non-hydrogen) atoms. The first kappa shape index (κ1) is 20.2. The lowest BCUT2D eigenvalue weighted by Gasteiger charge is -2.27. The summed E-state index contributed by atoms with van der Waals surface area (Å²) in [5, 5.41) is 10.5. The van der Waals surface area contributed by atoms with Gasteiger partial charge in [-0.2, -0.15) is 4.31 Å². The number of carbonyl (C=O) groups is 1. The molecule has 2 aromatic rings. The monoisotopic (exact) mass is 379 g/mol. The summed E-state index contributed by atoms with van der Waals surface area (Å²) in [4.78, 5) is 11.9. The van der Waals surface area contributed by atoms with E-state index in [4.69, 9.17) is 10.9 Å². The predicted molar refractivity (Wildman–Crippen MR) is 101 cm³/mol. The van der Waals surface area contributed by atoms with Gasteiger partial charge in [-0.1, -0.05) is 26.0 Å². The third-order valence-electron chi connectivity index (χ3n) is 4.29. The molecular weight excluding hydrogens is 354 g/mol. The van der Waals surface area contributed by atoms with Gasteiger partial charge in [0.05, 0.1) is 4.90 Å². The lowest BCUT2D eigenvalue weighted by Crippen LogP contribution is -2.47. The lowest BCUT2D eigenvalue weighted by molar-refractivity contribution is -0.132. The summed E-state index contributed by atoms with van der Waals surface area (Å²) in [5.41, 5.74) is 7.86. The highest BCUT2D eigenvalue weighted by molar-refractivity contribution is 7.89. The van der Waals surface area contributed by atoms with Gasteiger partial charge in [-0.3, -0.25) is 10.0 Å². The molecule has 2 rings (SSSR count). The van der Waals surface area contributed by atoms with Crippen LogP contribution in [0.5, 0.6) is 0 Å². The molecule has 142 valence electrons. The number of hydrogen-bond acceptors (Lipinski definition) is 5. The molecule has 0 spiro atoms. The predicted octanol–water partition coefficient (Wildman–Crippen LogP) is 2.35. The molecule has 0 radical (unpaired) electrons. The van der Waals surface area contributed by atoms with Gasteiger partial charge in [0, 0.05) is 12.2 Å². The molecule has 0 fully saturated rings. The molecule has 0 aliphatic rings. The molecule has 0 unspecified atom stereocenters. The molecule has 4 N–H and O–H groups in total. The number of benzene rings is 2. The fourth-order valence-corrected chi connectivity index (χ4v) is 4.32. The Kier molecular flexibility index (Phi) is 6.22. The van der Waals surface area contributed by atoms with E-state index in [1.807, 2.05) is 19.9 Å². The van der Waals surface area contributed by atoms with Crippen LogP contribution in [0.15, 0.2) is 41.3 Å². The normalized spacial score (nSPS) is 13.3. The van der Waals surface area contributed by atoms with Crippen LogP contribution in [0, 0.1) is 5.92 Å². The van der Waals surface area contributed by atoms with Crippen molar-refractivity contribution in [2.45, 2.75) is 38.1 Å². The van der Waals surface area contributed by atoms with Crippen molar-refractivity contribution in [2.75, 3.05) is 12.3 Å². The van der Waals surface area contributed by atoms with Gasteiger partial charge in [0.15, 0.2) is 0 Å². The molecule has 0 aromatic heterocycles. The first-order valence-electron chi connectivity index (χ1n) is 8.42. The molecule has 0 bridgehead atoms. The third kappa shape index (κ3) is 4.32. The van der Waals surface area contributed by atoms with Gasteiger partial charge < -0.3 is 5.73 Å². The summed E-state index contributed by atoms with van der Waals surface area (Å²) in [6.07, 6.45) is 0.586. The van der Waals surface area contributed by atoms with Crippen molar-refractivity contribution in [3.05, 3.63) is 36.4 Å². The van der Waals surface area contributed by atoms with E-state index in [-0.39, 0.29) is 17.4 Å². The number of anilines is 1. The first-order chi connectivity index (χ1) is 12.2. The zero-order valence-corrected chi connectivity index (χ0v) is 16.0. The summed E-state index contributed by atoms with van der Waals surface area (Å²) in [6, 6.07) is 9.00. The standard InChI is InChI=1S/C18H25N3O4S/c1-12(2)8-9-21(13(3)18(22)20-23)26(24,25)17-7-5-14-4-6-16(19)10-15(14)11-17/h4-7,10-13,23H,8-9,19H2,1-3H3,(H,20,22)/t13-/m1/s1. The highest BCUT2D eigenvalue weighted by Gasteiger charge is 2.33. The zero-order valence-electron chi connectivity index (χ0n) is 15.1. The molecule has 8 heteroatoms. The first-order valence-corrected chi connectivity index (χ1v) is 9.86. The number of hydroxylamine groups is 1. The number of sulfonamides is 1. The fourth-order valence-electron chi connectivity index (χ4n) is 2.67. The minimum Gasteiger partial charge on any atom is -0.399 e. The van der Waals surface area contributed by atoms with Crippen LogP contribution in [0.3, 0.4) is 0 Å². The quantitative estimate of drug-likeness (QED) is 0.388. The Morgan fingerprint density at radius 3 is 2.42 bits per heavy atom. The van der Waals surface area contributed by atoms with Crippen LogP contribution in [0.25, 0.3) is 10.8 Å². The number of amides is 1. The molecule has 0 saturated carbocycles. The molecule has 1 atom stereocenters. The average Bonchev–Trinajstić information content (AvgIpc) is 2.59. The Bertz CT molecular complexity index is 896. The maximum absolute atomic E-state index is 13.2. The van der Waals surface area contributed by atoms with Crippen molar-refractivity contribution < 1.29 is 18.4 Å². The second-order valence-corrected chi connectivity index (χ2v) is 8.61. The van der Waals surface area contributed by atoms with E-state index >= 15 is 0 Å². The van der Waals surface area contributed by atoms with Gasteiger partial charge >= 0.3 is 0 Å². The summed E-state index contributed by atoms with van der Waals surface area (Å²) in [5.74, 6) is -0.518. The number of rotatable bonds is 7. The number of nitrogen functional groups attached to an aromatic ring is 1. The lowest BCUT2D eigenvalue weighted by atomic mass is 10.1. The Balaban J connectivity index is 2.48. The number of hydrogen-bond donors (Lipinski definition) is 3. The fraction of sp³-hybridized carbons (Fsp3) is 0.389. The topological polar surface area (TPSA) is 113 Å². The van der Waals surface area contributed by atoms with Gasteiger partial charge in [-0.25, -0.2) is 13.9 Å². The second kappa shape index (κ2) is 8.03. The molecule has 0 heterocycles. The van der Waals surface area contributed by atoms with Crippen molar-refractivity contribution in [1.82, 2.24) is 9.79 Å². The van der Waals surface area contributed by atoms with Crippen molar-refractivity contribution >= 4 is 32.4 Å². The van der Waals surface area contributed by atoms with E-state index in [9.17, 15) is 13.2 Å². The van der Waals surface area contributed by atoms with E-state index < -0.39 is 22.0 Å². The molecule has 2 aromatic carbocycles. The molecule has 0 aliphatic heterocycles. The van der Waals surface area contributed by atoms with E-state index in [0.29, 0.717) is 17.5 Å². The summed E-state index contributed by atoms with van der Waals surface area (Å²) in [7, 11) is -3.93. The minimum absolute atomic E-state index is 0.0805. The van der Waals surface area contributed by atoms with E-state index in [1.54, 1.807) is 24.3 Å². The van der Waals surface area contributed by atoms with Gasteiger partial charge in [0.2, 0.25) is 10.0 Å². The summed E-state index contributed by atoms with van der Waals surface area (Å²) < 4.78 is 27.5. The number of nitrogens with two attached hydrogens (primary N) is 1. The van der Waals surface area contributed by atoms with Gasteiger partial charge in [-0.15, -0.1) is 0 Å². The smallest absolute Gasteiger partial charge is 0.261 e. The molecule has 0 saturated heterocycles. The van der Waals surface area contributed by atoms with Crippen molar-refractivity contribution in [3.63, 3.8) is 0 Å². The maximum Gasteiger partial charge on any atom is 0.261 e. The van der Waals surface area contributed by atoms with Crippen molar-refractivity contribution in [1.29, 1.82) is 0 Å². The highest BCUT2D eigenvalue weighted by atomic mass is 32.2. The average molecular weight is 379 g/mol. The van der Waals surface area contributed by atoms with Crippen molar-refractivity contribution in [2.24, 2.45) is 5.92 Å². The summed E-state index contributed by atoms with van der Waals surface area (Å²) >= 11 is 0. The molecule has 7 nitrogen and oxygen atoms in total. The third-order valence-corrected chi connectivity index (χ3v) is 6.26. The van der Waals surface area contributed by atoms with E-state index in [0.717, 1.165) is 9.69 Å². The summed E-state index contributed by atoms with van der Waals surface area (Å²) in [6.45, 7) is 5.56. The number of nitrogens with zero attached hydrogens (tertiary/aromatic N) is 1. The van der Waals surface area contributed by atoms with Crippen LogP contribution in [0.4, 0.5) is 5.69 Å². The molecular formula is C18H25N3O4S. The van der Waals surface area contributed by atoms with Gasteiger partial charge in [-0.05, 0) is 54.3 Å². The number of nitrogens with one attached hydrogen (secondary N) is 1. The van der Waals surface area contributed by atoms with Crippen molar-refractivity contribution in [3.8, 4) is 0 Å². The Morgan fingerprint density at radius 2 is 1.81 bits per heavy atom. The second-order valence-electron chi connectivity index (χ2n) is 6.72. The SMILES string of the molecule is CC(C)CCN([C@H](C)C(=O)NO)S(=O)(=O)c1ccc2ccc(N)cc2c1. The Morgan fingerprint density at radius 1 is 1.15 bits per heavy atom. The van der Waals surface area contributed by atoms with Crippen LogP contribution < -0.4 is 11.2 Å². The van der Waals surface area contributed by atoms with Crippen LogP contribution in [-0.4, -0.2) is 36.4 Å². The number of fused-ring (bicyclic) bond motifs is 1. The van der Waals surface area contributed by atoms with Crippen LogP contribution >= 0.6 is 0 Å². The minimum atomic E-state index is -3.93. The largest absolute Gasteiger partial charge is 0.399 e. The number of carbonyl (C=O) groups excluding carboxylic acids is 1.